The molecule has 0 amide bonds. The maximum Gasteiger partial charge on any atom is 0.214 e. The highest BCUT2D eigenvalue weighted by atomic mass is 35.5. The van der Waals surface area contributed by atoms with Gasteiger partial charge in [0.15, 0.2) is 5.78 Å². The molecule has 0 atom stereocenters. The van der Waals surface area contributed by atoms with Crippen LogP contribution in [0.2, 0.25) is 10.0 Å². The Balaban J connectivity index is 2.06. The summed E-state index contributed by atoms with van der Waals surface area (Å²) in [5.41, 5.74) is 1.94. The molecule has 8 heteroatoms. The number of carbonyl (C=O) groups is 1. The van der Waals surface area contributed by atoms with Gasteiger partial charge in [0, 0.05) is 36.0 Å². The van der Waals surface area contributed by atoms with Gasteiger partial charge < -0.3 is 9.84 Å². The van der Waals surface area contributed by atoms with Crippen LogP contribution in [-0.4, -0.2) is 32.6 Å². The number of Topliss-reactive ketones (excluding diaryl/α,β-unsaturated/α-hetero) is 1. The number of ether oxygens (including phenoxy) is 1. The van der Waals surface area contributed by atoms with E-state index in [2.05, 4.69) is 10.1 Å². The van der Waals surface area contributed by atoms with E-state index in [0.717, 1.165) is 0 Å². The van der Waals surface area contributed by atoms with E-state index in [1.807, 2.05) is 0 Å². The van der Waals surface area contributed by atoms with Gasteiger partial charge in [-0.15, -0.1) is 0 Å². The second kappa shape index (κ2) is 6.76. The number of rotatable bonds is 5. The first kappa shape index (κ1) is 16.7. The molecule has 0 radical (unpaired) electrons. The Morgan fingerprint density at radius 1 is 1.29 bits per heavy atom. The summed E-state index contributed by atoms with van der Waals surface area (Å²) < 4.78 is 6.71. The van der Waals surface area contributed by atoms with Crippen LogP contribution in [0.5, 0.6) is 5.88 Å². The molecule has 0 aliphatic carbocycles. The highest BCUT2D eigenvalue weighted by Crippen LogP contribution is 2.26. The summed E-state index contributed by atoms with van der Waals surface area (Å²) in [6.07, 6.45) is 2.92. The fourth-order valence-corrected chi connectivity index (χ4v) is 2.93. The van der Waals surface area contributed by atoms with Crippen molar-refractivity contribution in [3.05, 3.63) is 57.5 Å². The van der Waals surface area contributed by atoms with E-state index in [1.165, 1.54) is 24.0 Å². The van der Waals surface area contributed by atoms with E-state index in [4.69, 9.17) is 27.9 Å². The molecule has 3 rings (SSSR count). The third-order valence-electron chi connectivity index (χ3n) is 3.60. The Morgan fingerprint density at radius 3 is 2.62 bits per heavy atom. The number of halogens is 2. The van der Waals surface area contributed by atoms with Crippen LogP contribution < -0.4 is 4.74 Å². The van der Waals surface area contributed by atoms with Gasteiger partial charge in [-0.3, -0.25) is 9.78 Å². The summed E-state index contributed by atoms with van der Waals surface area (Å²) in [6, 6.07) is 4.94. The number of fused-ring (bicyclic) bond motifs is 1. The number of pyridine rings is 2. The quantitative estimate of drug-likeness (QED) is 0.703. The van der Waals surface area contributed by atoms with E-state index in [9.17, 15) is 9.90 Å². The fraction of sp³-hybridized carbons (Fsp3) is 0.188. The van der Waals surface area contributed by atoms with E-state index in [-0.39, 0.29) is 18.8 Å². The van der Waals surface area contributed by atoms with Gasteiger partial charge in [0.2, 0.25) is 5.88 Å². The first-order valence-corrected chi connectivity index (χ1v) is 7.78. The Morgan fingerprint density at radius 2 is 2.00 bits per heavy atom. The first-order chi connectivity index (χ1) is 11.5. The van der Waals surface area contributed by atoms with Crippen molar-refractivity contribution in [1.82, 2.24) is 14.6 Å². The smallest absolute Gasteiger partial charge is 0.214 e. The number of hydrogen-bond donors (Lipinski definition) is 1. The lowest BCUT2D eigenvalue weighted by Gasteiger charge is -2.09. The Kier molecular flexibility index (Phi) is 4.71. The number of ketones is 1. The lowest BCUT2D eigenvalue weighted by atomic mass is 10.0. The summed E-state index contributed by atoms with van der Waals surface area (Å²) in [6.45, 7) is -0.236. The van der Waals surface area contributed by atoms with Gasteiger partial charge in [0.25, 0.3) is 0 Å². The van der Waals surface area contributed by atoms with Crippen LogP contribution in [0, 0.1) is 0 Å². The standard InChI is InChI=1S/C16H13Cl2N3O3/c1-24-16-3-2-10(14-4-9(8-22)20-21(14)16)15(23)5-11-12(17)6-19-7-13(11)18/h2-4,6-7,22H,5,8H2,1H3. The fourth-order valence-electron chi connectivity index (χ4n) is 2.43. The lowest BCUT2D eigenvalue weighted by molar-refractivity contribution is 0.0994. The molecule has 3 heterocycles. The van der Waals surface area contributed by atoms with Crippen LogP contribution in [-0.2, 0) is 13.0 Å². The minimum atomic E-state index is -0.236. The second-order valence-corrected chi connectivity index (χ2v) is 5.88. The van der Waals surface area contributed by atoms with Crippen LogP contribution in [0.15, 0.2) is 30.6 Å². The minimum absolute atomic E-state index is 0.0296. The van der Waals surface area contributed by atoms with Crippen molar-refractivity contribution < 1.29 is 14.6 Å². The monoisotopic (exact) mass is 365 g/mol. The zero-order valence-corrected chi connectivity index (χ0v) is 14.2. The molecule has 1 N–H and O–H groups in total. The van der Waals surface area contributed by atoms with Crippen molar-refractivity contribution in [3.8, 4) is 5.88 Å². The number of aromatic nitrogens is 3. The molecule has 0 saturated carbocycles. The van der Waals surface area contributed by atoms with Crippen molar-refractivity contribution >= 4 is 34.5 Å². The van der Waals surface area contributed by atoms with Crippen LogP contribution >= 0.6 is 23.2 Å². The zero-order chi connectivity index (χ0) is 17.3. The van der Waals surface area contributed by atoms with Crippen LogP contribution in [0.4, 0.5) is 0 Å². The highest BCUT2D eigenvalue weighted by Gasteiger charge is 2.18. The molecule has 0 saturated heterocycles. The molecule has 0 aliphatic heterocycles. The zero-order valence-electron chi connectivity index (χ0n) is 12.7. The maximum atomic E-state index is 12.7. The SMILES string of the molecule is COc1ccc(C(=O)Cc2c(Cl)cncc2Cl)c2cc(CO)nn12. The molecule has 6 nitrogen and oxygen atoms in total. The van der Waals surface area contributed by atoms with Gasteiger partial charge in [-0.05, 0) is 12.1 Å². The maximum absolute atomic E-state index is 12.7. The number of aliphatic hydroxyl groups excluding tert-OH is 1. The van der Waals surface area contributed by atoms with Gasteiger partial charge in [0.1, 0.15) is 0 Å². The Labute approximate surface area is 147 Å². The number of methoxy groups -OCH3 is 1. The van der Waals surface area contributed by atoms with Crippen molar-refractivity contribution in [1.29, 1.82) is 0 Å². The van der Waals surface area contributed by atoms with Crippen LogP contribution in [0.3, 0.4) is 0 Å². The normalized spacial score (nSPS) is 11.0. The van der Waals surface area contributed by atoms with Crippen molar-refractivity contribution in [2.45, 2.75) is 13.0 Å². The van der Waals surface area contributed by atoms with Gasteiger partial charge in [0.05, 0.1) is 35.0 Å². The minimum Gasteiger partial charge on any atom is -0.481 e. The molecular weight excluding hydrogens is 353 g/mol. The summed E-state index contributed by atoms with van der Waals surface area (Å²) >= 11 is 12.2. The molecule has 124 valence electrons. The predicted molar refractivity (Wildman–Crippen MR) is 90.0 cm³/mol. The Bertz CT molecular complexity index is 904. The largest absolute Gasteiger partial charge is 0.481 e. The summed E-state index contributed by atoms with van der Waals surface area (Å²) in [5, 5.41) is 14.2. The Hall–Kier alpha value is -2.15. The summed E-state index contributed by atoms with van der Waals surface area (Å²) in [5.74, 6) is 0.281. The number of carbonyl (C=O) groups excluding carboxylic acids is 1. The van der Waals surface area contributed by atoms with Gasteiger partial charge in [-0.1, -0.05) is 23.2 Å². The van der Waals surface area contributed by atoms with E-state index in [1.54, 1.807) is 18.2 Å². The third kappa shape index (κ3) is 2.96. The average molecular weight is 366 g/mol. The van der Waals surface area contributed by atoms with Crippen LogP contribution in [0.25, 0.3) is 5.52 Å². The molecule has 3 aromatic rings. The molecular formula is C16H13Cl2N3O3. The van der Waals surface area contributed by atoms with E-state index in [0.29, 0.717) is 38.3 Å². The topological polar surface area (TPSA) is 76.7 Å². The van der Waals surface area contributed by atoms with Gasteiger partial charge in [-0.2, -0.15) is 9.61 Å². The molecule has 0 unspecified atom stereocenters. The van der Waals surface area contributed by atoms with Crippen molar-refractivity contribution in [2.75, 3.05) is 7.11 Å². The highest BCUT2D eigenvalue weighted by molar-refractivity contribution is 6.36. The number of nitrogens with zero attached hydrogens (tertiary/aromatic N) is 3. The first-order valence-electron chi connectivity index (χ1n) is 7.02. The lowest BCUT2D eigenvalue weighted by Crippen LogP contribution is -2.08. The van der Waals surface area contributed by atoms with Gasteiger partial charge in [-0.25, -0.2) is 0 Å². The molecule has 0 aromatic carbocycles. The summed E-state index contributed by atoms with van der Waals surface area (Å²) in [4.78, 5) is 16.6. The molecule has 0 bridgehead atoms. The van der Waals surface area contributed by atoms with Gasteiger partial charge >= 0.3 is 0 Å². The molecule has 0 spiro atoms. The predicted octanol–water partition coefficient (Wildman–Crippen LogP) is 2.96. The third-order valence-corrected chi connectivity index (χ3v) is 4.25. The molecule has 24 heavy (non-hydrogen) atoms. The number of aliphatic hydroxyl groups is 1. The average Bonchev–Trinajstić information content (AvgIpc) is 3.01. The summed E-state index contributed by atoms with van der Waals surface area (Å²) in [7, 11) is 1.51. The van der Waals surface area contributed by atoms with E-state index < -0.39 is 0 Å². The number of hydrogen-bond acceptors (Lipinski definition) is 5. The second-order valence-electron chi connectivity index (χ2n) is 5.06. The van der Waals surface area contributed by atoms with Crippen molar-refractivity contribution in [3.63, 3.8) is 0 Å². The molecule has 0 aliphatic rings. The molecule has 0 fully saturated rings. The van der Waals surface area contributed by atoms with E-state index >= 15 is 0 Å². The van der Waals surface area contributed by atoms with Crippen molar-refractivity contribution in [2.24, 2.45) is 0 Å². The molecule has 3 aromatic heterocycles. The van der Waals surface area contributed by atoms with Crippen LogP contribution in [0.1, 0.15) is 21.6 Å².